The third-order valence-electron chi connectivity index (χ3n) is 9.97. The van der Waals surface area contributed by atoms with E-state index in [0.717, 1.165) is 44.2 Å². The van der Waals surface area contributed by atoms with Crippen molar-refractivity contribution >= 4 is 17.5 Å². The second-order valence-corrected chi connectivity index (χ2v) is 12.5. The second-order valence-electron chi connectivity index (χ2n) is 12.5. The smallest absolute Gasteiger partial charge is 0.319 e. The van der Waals surface area contributed by atoms with Crippen LogP contribution in [0.5, 0.6) is 6.01 Å². The van der Waals surface area contributed by atoms with E-state index in [1.54, 1.807) is 4.90 Å². The van der Waals surface area contributed by atoms with Crippen LogP contribution < -0.4 is 9.64 Å². The molecule has 2 aromatic rings. The molecule has 0 saturated carbocycles. The van der Waals surface area contributed by atoms with Crippen LogP contribution in [-0.2, 0) is 17.6 Å². The molecule has 0 bridgehead atoms. The van der Waals surface area contributed by atoms with Gasteiger partial charge in [-0.05, 0) is 75.2 Å². The average molecular weight is 569 g/mol. The van der Waals surface area contributed by atoms with Crippen molar-refractivity contribution in [1.82, 2.24) is 19.8 Å². The molecule has 3 heterocycles. The molecule has 1 unspecified atom stereocenters. The predicted molar refractivity (Wildman–Crippen MR) is 160 cm³/mol. The summed E-state index contributed by atoms with van der Waals surface area (Å²) in [6.45, 7) is 8.81. The first-order chi connectivity index (χ1) is 20.3. The van der Waals surface area contributed by atoms with Gasteiger partial charge in [0.1, 0.15) is 18.1 Å². The molecule has 220 valence electrons. The molecule has 1 spiro atoms. The van der Waals surface area contributed by atoms with Crippen LogP contribution in [0.15, 0.2) is 36.9 Å². The lowest BCUT2D eigenvalue weighted by molar-refractivity contribution is -0.128. The van der Waals surface area contributed by atoms with Crippen molar-refractivity contribution in [3.63, 3.8) is 0 Å². The zero-order valence-corrected chi connectivity index (χ0v) is 24.7. The number of anilines is 1. The van der Waals surface area contributed by atoms with Gasteiger partial charge in [0.15, 0.2) is 5.78 Å². The van der Waals surface area contributed by atoms with Crippen molar-refractivity contribution in [2.75, 3.05) is 44.7 Å². The zero-order chi connectivity index (χ0) is 29.4. The van der Waals surface area contributed by atoms with Crippen molar-refractivity contribution in [2.45, 2.75) is 69.9 Å². The van der Waals surface area contributed by atoms with Gasteiger partial charge in [0.25, 0.3) is 0 Å². The number of Topliss-reactive ketones (excluding diaryl/α,β-unsaturated/α-hetero) is 1. The summed E-state index contributed by atoms with van der Waals surface area (Å²) in [7, 11) is 2.11. The van der Waals surface area contributed by atoms with Crippen LogP contribution in [0.3, 0.4) is 0 Å². The number of piperazine rings is 1. The van der Waals surface area contributed by atoms with Gasteiger partial charge in [-0.2, -0.15) is 15.2 Å². The minimum absolute atomic E-state index is 0.0885. The van der Waals surface area contributed by atoms with Gasteiger partial charge in [0.2, 0.25) is 5.91 Å². The number of likely N-dealkylation sites (N-methyl/N-ethyl adjacent to an activating group) is 1. The highest BCUT2D eigenvalue weighted by molar-refractivity contribution is 6.02. The Morgan fingerprint density at radius 1 is 1.24 bits per heavy atom. The van der Waals surface area contributed by atoms with E-state index in [1.807, 2.05) is 0 Å². The lowest BCUT2D eigenvalue weighted by atomic mass is 9.60. The summed E-state index contributed by atoms with van der Waals surface area (Å²) in [5.41, 5.74) is 3.44. The van der Waals surface area contributed by atoms with Crippen LogP contribution in [0.25, 0.3) is 0 Å². The summed E-state index contributed by atoms with van der Waals surface area (Å²) >= 11 is 0. The number of hydrogen-bond acceptors (Lipinski definition) is 8. The molecule has 1 aromatic carbocycles. The Morgan fingerprint density at radius 3 is 2.83 bits per heavy atom. The van der Waals surface area contributed by atoms with Gasteiger partial charge in [-0.15, -0.1) is 0 Å². The molecule has 2 aliphatic carbocycles. The number of fused-ring (bicyclic) bond motifs is 2. The fourth-order valence-electron chi connectivity index (χ4n) is 7.69. The Bertz CT molecular complexity index is 1440. The molecule has 2 aliphatic heterocycles. The minimum atomic E-state index is -0.492. The van der Waals surface area contributed by atoms with E-state index < -0.39 is 5.41 Å². The van der Waals surface area contributed by atoms with Crippen molar-refractivity contribution in [1.29, 1.82) is 5.26 Å². The lowest BCUT2D eigenvalue weighted by Gasteiger charge is -2.44. The Kier molecular flexibility index (Phi) is 7.75. The van der Waals surface area contributed by atoms with Crippen LogP contribution >= 0.6 is 0 Å². The normalized spacial score (nSPS) is 27.4. The molecule has 4 atom stereocenters. The first kappa shape index (κ1) is 28.4. The molecule has 0 N–H and O–H groups in total. The number of aromatic nitrogens is 2. The fraction of sp³-hybridized carbons (Fsp3) is 0.545. The molecule has 42 heavy (non-hydrogen) atoms. The summed E-state index contributed by atoms with van der Waals surface area (Å²) in [6, 6.07) is 11.0. The van der Waals surface area contributed by atoms with Crippen LogP contribution in [0.4, 0.5) is 5.82 Å². The summed E-state index contributed by atoms with van der Waals surface area (Å²) in [5, 5.41) is 9.52. The Labute approximate surface area is 248 Å². The van der Waals surface area contributed by atoms with Gasteiger partial charge in [-0.1, -0.05) is 37.8 Å². The van der Waals surface area contributed by atoms with Gasteiger partial charge in [0.05, 0.1) is 18.5 Å². The standard InChI is InChI=1S/C33H40N6O3/c1-4-28(40)39-17-16-38(20-24(39)12-14-34)31-27-11-13-33(18-22(2)26-10-6-5-8-23(26)19-33)30(41)29(27)35-32(36-31)42-21-25-9-7-15-37(25)3/h4-6,8,10,22,24-25H,1,7,9,11-13,15-21H2,2-3H3/t22?,24-,25-,33-/m0/s1. The molecular formula is C33H40N6O3. The van der Waals surface area contributed by atoms with Crippen molar-refractivity contribution < 1.29 is 14.3 Å². The summed E-state index contributed by atoms with van der Waals surface area (Å²) in [5.74, 6) is 0.909. The van der Waals surface area contributed by atoms with Crippen molar-refractivity contribution in [3.8, 4) is 12.1 Å². The van der Waals surface area contributed by atoms with E-state index in [9.17, 15) is 14.9 Å². The molecule has 0 radical (unpaired) electrons. The quantitative estimate of drug-likeness (QED) is 0.483. The Morgan fingerprint density at radius 2 is 2.07 bits per heavy atom. The van der Waals surface area contributed by atoms with E-state index in [4.69, 9.17) is 14.7 Å². The number of hydrogen-bond donors (Lipinski definition) is 0. The number of likely N-dealkylation sites (tertiary alicyclic amines) is 1. The molecule has 9 nitrogen and oxygen atoms in total. The van der Waals surface area contributed by atoms with Crippen LogP contribution in [0, 0.1) is 16.7 Å². The van der Waals surface area contributed by atoms with E-state index in [-0.39, 0.29) is 36.1 Å². The summed E-state index contributed by atoms with van der Waals surface area (Å²) in [6.07, 6.45) is 6.68. The number of carbonyl (C=O) groups excluding carboxylic acids is 2. The van der Waals surface area contributed by atoms with Gasteiger partial charge < -0.3 is 19.4 Å². The Balaban J connectivity index is 1.36. The van der Waals surface area contributed by atoms with E-state index in [0.29, 0.717) is 50.2 Å². The van der Waals surface area contributed by atoms with E-state index >= 15 is 0 Å². The number of ether oxygens (including phenoxy) is 1. The number of carbonyl (C=O) groups is 2. The lowest BCUT2D eigenvalue weighted by Crippen LogP contribution is -2.55. The molecule has 6 rings (SSSR count). The van der Waals surface area contributed by atoms with Crippen LogP contribution in [0.1, 0.15) is 72.1 Å². The zero-order valence-electron chi connectivity index (χ0n) is 24.7. The maximum Gasteiger partial charge on any atom is 0.319 e. The summed E-state index contributed by atoms with van der Waals surface area (Å²) in [4.78, 5) is 42.9. The number of benzene rings is 1. The number of amides is 1. The number of nitrogens with zero attached hydrogens (tertiary/aromatic N) is 6. The maximum atomic E-state index is 14.5. The van der Waals surface area contributed by atoms with Gasteiger partial charge in [0, 0.05) is 36.7 Å². The molecule has 2 saturated heterocycles. The fourth-order valence-corrected chi connectivity index (χ4v) is 7.69. The second kappa shape index (κ2) is 11.5. The molecule has 9 heteroatoms. The summed E-state index contributed by atoms with van der Waals surface area (Å²) < 4.78 is 6.24. The van der Waals surface area contributed by atoms with Crippen molar-refractivity contribution in [3.05, 3.63) is 59.3 Å². The largest absolute Gasteiger partial charge is 0.462 e. The molecule has 2 fully saturated rings. The number of ketones is 1. The first-order valence-corrected chi connectivity index (χ1v) is 15.2. The molecule has 4 aliphatic rings. The van der Waals surface area contributed by atoms with Crippen LogP contribution in [0.2, 0.25) is 0 Å². The van der Waals surface area contributed by atoms with Gasteiger partial charge in [-0.25, -0.2) is 0 Å². The highest BCUT2D eigenvalue weighted by atomic mass is 16.5. The first-order valence-electron chi connectivity index (χ1n) is 15.2. The van der Waals surface area contributed by atoms with E-state index in [1.165, 1.54) is 17.2 Å². The monoisotopic (exact) mass is 568 g/mol. The van der Waals surface area contributed by atoms with Crippen LogP contribution in [-0.4, -0.2) is 83.4 Å². The average Bonchev–Trinajstić information content (AvgIpc) is 3.42. The van der Waals surface area contributed by atoms with Gasteiger partial charge in [-0.3, -0.25) is 9.59 Å². The van der Waals surface area contributed by atoms with Crippen molar-refractivity contribution in [2.24, 2.45) is 5.41 Å². The third-order valence-corrected chi connectivity index (χ3v) is 9.97. The molecule has 1 aromatic heterocycles. The highest BCUT2D eigenvalue weighted by Gasteiger charge is 2.48. The number of rotatable bonds is 6. The highest BCUT2D eigenvalue weighted by Crippen LogP contribution is 2.50. The number of nitriles is 1. The topological polar surface area (TPSA) is 103 Å². The maximum absolute atomic E-state index is 14.5. The minimum Gasteiger partial charge on any atom is -0.462 e. The predicted octanol–water partition coefficient (Wildman–Crippen LogP) is 3.93. The Hall–Kier alpha value is -3.77. The van der Waals surface area contributed by atoms with Gasteiger partial charge >= 0.3 is 6.01 Å². The third kappa shape index (κ3) is 5.06. The molecule has 1 amide bonds. The molecular weight excluding hydrogens is 528 g/mol. The van der Waals surface area contributed by atoms with E-state index in [2.05, 4.69) is 60.7 Å². The SMILES string of the molecule is C=CC(=O)N1CCN(c2nc(OC[C@@H]3CCCN3C)nc3c2CC[C@]2(Cc4ccccc4C(C)C2)C3=O)C[C@@H]1CC#N.